The second-order valence-corrected chi connectivity index (χ2v) is 7.37. The third-order valence-electron chi connectivity index (χ3n) is 4.58. The molecule has 1 saturated heterocycles. The van der Waals surface area contributed by atoms with Crippen molar-refractivity contribution in [1.82, 2.24) is 4.98 Å². The zero-order valence-corrected chi connectivity index (χ0v) is 15.1. The van der Waals surface area contributed by atoms with Gasteiger partial charge in [-0.25, -0.2) is 4.98 Å². The highest BCUT2D eigenvalue weighted by molar-refractivity contribution is 7.19. The minimum atomic E-state index is -0.199. The van der Waals surface area contributed by atoms with Crippen molar-refractivity contribution in [2.75, 3.05) is 11.9 Å². The average molecular weight is 364 g/mol. The molecule has 5 heteroatoms. The predicted octanol–water partition coefficient (Wildman–Crippen LogP) is 4.92. The Labute approximate surface area is 156 Å². The van der Waals surface area contributed by atoms with Gasteiger partial charge in [-0.05, 0) is 24.0 Å². The largest absolute Gasteiger partial charge is 0.373 e. The van der Waals surface area contributed by atoms with Crippen molar-refractivity contribution >= 4 is 22.4 Å². The molecule has 0 radical (unpaired) electrons. The summed E-state index contributed by atoms with van der Waals surface area (Å²) in [6, 6.07) is 20.0. The van der Waals surface area contributed by atoms with Crippen molar-refractivity contribution in [3.8, 4) is 10.4 Å². The standard InChI is InChI=1S/C21H20N2O2S/c24-20(17-12-7-13-25-19(17)16-10-5-2-6-11-16)23-21-22-14-18(26-21)15-8-3-1-4-9-15/h1-6,8-11,14,17,19H,7,12-13H2,(H,22,23,24). The lowest BCUT2D eigenvalue weighted by atomic mass is 9.89. The number of carbonyl (C=O) groups excluding carboxylic acids is 1. The van der Waals surface area contributed by atoms with Crippen molar-refractivity contribution < 1.29 is 9.53 Å². The van der Waals surface area contributed by atoms with Gasteiger partial charge in [0.2, 0.25) is 5.91 Å². The van der Waals surface area contributed by atoms with Crippen LogP contribution in [0, 0.1) is 5.92 Å². The molecule has 1 aliphatic rings. The molecular formula is C21H20N2O2S. The SMILES string of the molecule is O=C(Nc1ncc(-c2ccccc2)s1)C1CCCOC1c1ccccc1. The number of hydrogen-bond donors (Lipinski definition) is 1. The van der Waals surface area contributed by atoms with Gasteiger partial charge < -0.3 is 10.1 Å². The molecular weight excluding hydrogens is 344 g/mol. The normalized spacial score (nSPS) is 19.8. The van der Waals surface area contributed by atoms with Crippen LogP contribution in [0.1, 0.15) is 24.5 Å². The van der Waals surface area contributed by atoms with E-state index in [1.165, 1.54) is 11.3 Å². The number of benzene rings is 2. The summed E-state index contributed by atoms with van der Waals surface area (Å²) in [5.74, 6) is -0.220. The van der Waals surface area contributed by atoms with E-state index in [4.69, 9.17) is 4.74 Å². The molecule has 4 rings (SSSR count). The van der Waals surface area contributed by atoms with Crippen LogP contribution >= 0.6 is 11.3 Å². The molecule has 4 nitrogen and oxygen atoms in total. The highest BCUT2D eigenvalue weighted by Gasteiger charge is 2.33. The first-order chi connectivity index (χ1) is 12.8. The highest BCUT2D eigenvalue weighted by Crippen LogP contribution is 2.35. The van der Waals surface area contributed by atoms with Gasteiger partial charge in [-0.15, -0.1) is 0 Å². The van der Waals surface area contributed by atoms with Gasteiger partial charge in [0.05, 0.1) is 16.9 Å². The van der Waals surface area contributed by atoms with E-state index >= 15 is 0 Å². The monoisotopic (exact) mass is 364 g/mol. The van der Waals surface area contributed by atoms with E-state index < -0.39 is 0 Å². The Kier molecular flexibility index (Phi) is 5.09. The summed E-state index contributed by atoms with van der Waals surface area (Å²) in [5.41, 5.74) is 2.16. The molecule has 1 fully saturated rings. The van der Waals surface area contributed by atoms with Crippen molar-refractivity contribution in [1.29, 1.82) is 0 Å². The van der Waals surface area contributed by atoms with Gasteiger partial charge in [-0.3, -0.25) is 4.79 Å². The summed E-state index contributed by atoms with van der Waals surface area (Å²) >= 11 is 1.49. The maximum Gasteiger partial charge on any atom is 0.232 e. The summed E-state index contributed by atoms with van der Waals surface area (Å²) in [4.78, 5) is 18.3. The van der Waals surface area contributed by atoms with Crippen LogP contribution in [0.5, 0.6) is 0 Å². The maximum atomic E-state index is 12.9. The van der Waals surface area contributed by atoms with Gasteiger partial charge in [0, 0.05) is 12.8 Å². The first kappa shape index (κ1) is 16.9. The summed E-state index contributed by atoms with van der Waals surface area (Å²) in [5, 5.41) is 3.62. The Bertz CT molecular complexity index is 864. The third-order valence-corrected chi connectivity index (χ3v) is 5.54. The Morgan fingerprint density at radius 3 is 2.58 bits per heavy atom. The Hall–Kier alpha value is -2.50. The van der Waals surface area contributed by atoms with Crippen LogP contribution in [0.4, 0.5) is 5.13 Å². The molecule has 0 saturated carbocycles. The lowest BCUT2D eigenvalue weighted by molar-refractivity contribution is -0.129. The van der Waals surface area contributed by atoms with Gasteiger partial charge in [0.1, 0.15) is 0 Å². The molecule has 1 N–H and O–H groups in total. The smallest absolute Gasteiger partial charge is 0.232 e. The Balaban J connectivity index is 1.49. The lowest BCUT2D eigenvalue weighted by Crippen LogP contribution is -2.33. The minimum Gasteiger partial charge on any atom is -0.373 e. The van der Waals surface area contributed by atoms with E-state index in [-0.39, 0.29) is 17.9 Å². The van der Waals surface area contributed by atoms with Crippen molar-refractivity contribution in [3.63, 3.8) is 0 Å². The number of ether oxygens (including phenoxy) is 1. The Morgan fingerprint density at radius 1 is 1.08 bits per heavy atom. The van der Waals surface area contributed by atoms with Gasteiger partial charge >= 0.3 is 0 Å². The highest BCUT2D eigenvalue weighted by atomic mass is 32.1. The van der Waals surface area contributed by atoms with Crippen LogP contribution < -0.4 is 5.32 Å². The molecule has 1 aromatic heterocycles. The molecule has 0 aliphatic carbocycles. The number of thiazole rings is 1. The van der Waals surface area contributed by atoms with E-state index in [1.54, 1.807) is 0 Å². The molecule has 2 aromatic carbocycles. The summed E-state index contributed by atoms with van der Waals surface area (Å²) in [7, 11) is 0. The molecule has 132 valence electrons. The lowest BCUT2D eigenvalue weighted by Gasteiger charge is -2.30. The number of nitrogens with zero attached hydrogens (tertiary/aromatic N) is 1. The van der Waals surface area contributed by atoms with Crippen molar-refractivity contribution in [2.45, 2.75) is 18.9 Å². The Morgan fingerprint density at radius 2 is 1.81 bits per heavy atom. The fourth-order valence-electron chi connectivity index (χ4n) is 3.29. The van der Waals surface area contributed by atoms with Crippen LogP contribution in [-0.2, 0) is 9.53 Å². The average Bonchev–Trinajstić information content (AvgIpc) is 3.18. The second-order valence-electron chi connectivity index (χ2n) is 6.34. The molecule has 2 heterocycles. The molecule has 0 bridgehead atoms. The van der Waals surface area contributed by atoms with Crippen LogP contribution in [-0.4, -0.2) is 17.5 Å². The number of anilines is 1. The van der Waals surface area contributed by atoms with Crippen LogP contribution in [0.25, 0.3) is 10.4 Å². The number of hydrogen-bond acceptors (Lipinski definition) is 4. The van der Waals surface area contributed by atoms with Gasteiger partial charge in [-0.2, -0.15) is 0 Å². The zero-order chi connectivity index (χ0) is 17.8. The van der Waals surface area contributed by atoms with E-state index in [9.17, 15) is 4.79 Å². The van der Waals surface area contributed by atoms with E-state index in [0.717, 1.165) is 28.8 Å². The van der Waals surface area contributed by atoms with Gasteiger partial charge in [0.15, 0.2) is 5.13 Å². The first-order valence-corrected chi connectivity index (χ1v) is 9.61. The third kappa shape index (κ3) is 3.69. The van der Waals surface area contributed by atoms with Crippen LogP contribution in [0.2, 0.25) is 0 Å². The van der Waals surface area contributed by atoms with Crippen LogP contribution in [0.3, 0.4) is 0 Å². The molecule has 1 amide bonds. The molecule has 3 aromatic rings. The summed E-state index contributed by atoms with van der Waals surface area (Å²) in [6.07, 6.45) is 3.33. The molecule has 26 heavy (non-hydrogen) atoms. The maximum absolute atomic E-state index is 12.9. The quantitative estimate of drug-likeness (QED) is 0.715. The van der Waals surface area contributed by atoms with Crippen molar-refractivity contribution in [3.05, 3.63) is 72.4 Å². The number of nitrogens with one attached hydrogen (secondary N) is 1. The summed E-state index contributed by atoms with van der Waals surface area (Å²) < 4.78 is 5.93. The molecule has 2 atom stereocenters. The number of amides is 1. The number of rotatable bonds is 4. The minimum absolute atomic E-state index is 0.0208. The number of carbonyl (C=O) groups is 1. The van der Waals surface area contributed by atoms with Gasteiger partial charge in [-0.1, -0.05) is 72.0 Å². The molecule has 1 aliphatic heterocycles. The van der Waals surface area contributed by atoms with Crippen molar-refractivity contribution in [2.24, 2.45) is 5.92 Å². The zero-order valence-electron chi connectivity index (χ0n) is 14.3. The molecule has 2 unspecified atom stereocenters. The van der Waals surface area contributed by atoms with E-state index in [0.29, 0.717) is 11.7 Å². The fraction of sp³-hybridized carbons (Fsp3) is 0.238. The van der Waals surface area contributed by atoms with E-state index in [1.807, 2.05) is 66.9 Å². The summed E-state index contributed by atoms with van der Waals surface area (Å²) in [6.45, 7) is 0.693. The predicted molar refractivity (Wildman–Crippen MR) is 104 cm³/mol. The first-order valence-electron chi connectivity index (χ1n) is 8.80. The van der Waals surface area contributed by atoms with Crippen LogP contribution in [0.15, 0.2) is 66.9 Å². The number of aromatic nitrogens is 1. The topological polar surface area (TPSA) is 51.2 Å². The fourth-order valence-corrected chi connectivity index (χ4v) is 4.11. The van der Waals surface area contributed by atoms with Gasteiger partial charge in [0.25, 0.3) is 0 Å². The molecule has 0 spiro atoms. The van der Waals surface area contributed by atoms with E-state index in [2.05, 4.69) is 10.3 Å². The second kappa shape index (κ2) is 7.81.